The van der Waals surface area contributed by atoms with Crippen LogP contribution in [0.15, 0.2) is 24.4 Å². The number of rotatable bonds is 6. The molecule has 3 aromatic heterocycles. The summed E-state index contributed by atoms with van der Waals surface area (Å²) in [7, 11) is 1.31. The molecule has 1 fully saturated rings. The van der Waals surface area contributed by atoms with Crippen LogP contribution in [-0.2, 0) is 11.3 Å². The molecular formula is C21H20F4N8O2. The second-order valence-corrected chi connectivity index (χ2v) is 8.15. The summed E-state index contributed by atoms with van der Waals surface area (Å²) in [5.74, 6) is -4.61. The zero-order chi connectivity index (χ0) is 24.9. The molecule has 4 aromatic rings. The van der Waals surface area contributed by atoms with E-state index in [9.17, 15) is 18.0 Å². The molecule has 0 radical (unpaired) electrons. The second-order valence-electron chi connectivity index (χ2n) is 8.15. The van der Waals surface area contributed by atoms with Gasteiger partial charge in [0.05, 0.1) is 37.5 Å². The maximum atomic E-state index is 15.2. The predicted octanol–water partition coefficient (Wildman–Crippen LogP) is 2.54. The number of aromatic nitrogens is 6. The summed E-state index contributed by atoms with van der Waals surface area (Å²) >= 11 is 0. The van der Waals surface area contributed by atoms with Crippen LogP contribution in [0.5, 0.6) is 5.88 Å². The molecule has 0 aliphatic carbocycles. The van der Waals surface area contributed by atoms with Gasteiger partial charge in [0.25, 0.3) is 5.92 Å². The van der Waals surface area contributed by atoms with Gasteiger partial charge in [0, 0.05) is 13.5 Å². The lowest BCUT2D eigenvalue weighted by Gasteiger charge is -2.19. The van der Waals surface area contributed by atoms with Gasteiger partial charge < -0.3 is 15.0 Å². The van der Waals surface area contributed by atoms with Crippen LogP contribution in [0.2, 0.25) is 0 Å². The fourth-order valence-corrected chi connectivity index (χ4v) is 4.20. The number of alkyl halides is 3. The highest BCUT2D eigenvalue weighted by atomic mass is 19.3. The number of carbonyl (C=O) groups excluding carboxylic acids is 1. The van der Waals surface area contributed by atoms with Crippen LogP contribution in [0.1, 0.15) is 6.92 Å². The molecule has 35 heavy (non-hydrogen) atoms. The Kier molecular flexibility index (Phi) is 5.44. The van der Waals surface area contributed by atoms with Gasteiger partial charge in [-0.15, -0.1) is 10.2 Å². The van der Waals surface area contributed by atoms with Gasteiger partial charge in [-0.25, -0.2) is 26.8 Å². The van der Waals surface area contributed by atoms with Gasteiger partial charge in [-0.3, -0.25) is 4.79 Å². The molecule has 1 aliphatic heterocycles. The van der Waals surface area contributed by atoms with Crippen molar-refractivity contribution in [3.05, 3.63) is 30.2 Å². The van der Waals surface area contributed by atoms with E-state index in [4.69, 9.17) is 4.74 Å². The number of benzene rings is 1. The Bertz CT molecular complexity index is 1440. The lowest BCUT2D eigenvalue weighted by molar-refractivity contribution is -0.129. The van der Waals surface area contributed by atoms with E-state index in [1.54, 1.807) is 18.2 Å². The second kappa shape index (κ2) is 8.36. The largest absolute Gasteiger partial charge is 0.479 e. The van der Waals surface area contributed by atoms with Crippen LogP contribution < -0.4 is 10.1 Å². The van der Waals surface area contributed by atoms with Crippen LogP contribution in [0, 0.1) is 5.82 Å². The van der Waals surface area contributed by atoms with Crippen molar-refractivity contribution in [2.75, 3.05) is 32.2 Å². The topological polar surface area (TPSA) is 102 Å². The first-order valence-electron chi connectivity index (χ1n) is 10.6. The summed E-state index contributed by atoms with van der Waals surface area (Å²) in [6, 6.07) is 3.43. The standard InChI is InChI=1S/C21H20F4N8O2/c1-11(34)31-9-16(21(24,25)10-31)26-20-27-19(35-2)18-17(13(23)8-33(18)29-20)12-3-4-14-15(7-12)32(6-5-22)30-28-14/h3-4,7-8,16H,5-6,9-10H2,1-2H3,(H,26,29)/t16-/m1/s1. The number of hydrogen-bond donors (Lipinski definition) is 1. The number of halogens is 4. The summed E-state index contributed by atoms with van der Waals surface area (Å²) in [4.78, 5) is 16.7. The Hall–Kier alpha value is -3.97. The summed E-state index contributed by atoms with van der Waals surface area (Å²) in [6.07, 6.45) is 1.08. The average Bonchev–Trinajstić information content (AvgIpc) is 3.46. The Balaban J connectivity index is 1.56. The van der Waals surface area contributed by atoms with Gasteiger partial charge >= 0.3 is 0 Å². The highest BCUT2D eigenvalue weighted by molar-refractivity contribution is 5.89. The molecule has 1 aromatic carbocycles. The Morgan fingerprint density at radius 2 is 2.14 bits per heavy atom. The van der Waals surface area contributed by atoms with Crippen molar-refractivity contribution >= 4 is 28.4 Å². The molecular weight excluding hydrogens is 472 g/mol. The number of amides is 1. The SMILES string of the molecule is COc1nc(N[C@@H]2CN(C(C)=O)CC2(F)F)nn2cc(F)c(-c3ccc4nnn(CCF)c4c3)c12. The molecule has 1 saturated heterocycles. The maximum absolute atomic E-state index is 15.2. The minimum Gasteiger partial charge on any atom is -0.479 e. The van der Waals surface area contributed by atoms with Crippen LogP contribution in [-0.4, -0.2) is 79.2 Å². The molecule has 1 amide bonds. The molecule has 14 heteroatoms. The molecule has 10 nitrogen and oxygen atoms in total. The van der Waals surface area contributed by atoms with Crippen molar-refractivity contribution in [1.29, 1.82) is 0 Å². The zero-order valence-corrected chi connectivity index (χ0v) is 18.7. The van der Waals surface area contributed by atoms with Crippen molar-refractivity contribution in [1.82, 2.24) is 34.5 Å². The highest BCUT2D eigenvalue weighted by Crippen LogP contribution is 2.36. The van der Waals surface area contributed by atoms with E-state index in [0.717, 1.165) is 15.6 Å². The molecule has 4 heterocycles. The van der Waals surface area contributed by atoms with E-state index < -0.39 is 36.9 Å². The normalized spacial score (nSPS) is 17.4. The van der Waals surface area contributed by atoms with Gasteiger partial charge in [0.2, 0.25) is 17.7 Å². The van der Waals surface area contributed by atoms with Gasteiger partial charge in [-0.1, -0.05) is 11.3 Å². The molecule has 1 N–H and O–H groups in total. The van der Waals surface area contributed by atoms with Crippen LogP contribution in [0.4, 0.5) is 23.5 Å². The average molecular weight is 492 g/mol. The number of ether oxygens (including phenoxy) is 1. The lowest BCUT2D eigenvalue weighted by Crippen LogP contribution is -2.38. The number of fused-ring (bicyclic) bond motifs is 2. The van der Waals surface area contributed by atoms with E-state index in [-0.39, 0.29) is 36.0 Å². The third kappa shape index (κ3) is 3.88. The minimum atomic E-state index is -3.21. The van der Waals surface area contributed by atoms with Gasteiger partial charge in [0.15, 0.2) is 5.82 Å². The fraction of sp³-hybridized carbons (Fsp3) is 0.381. The van der Waals surface area contributed by atoms with E-state index in [2.05, 4.69) is 25.7 Å². The number of likely N-dealkylation sites (tertiary alicyclic amines) is 1. The summed E-state index contributed by atoms with van der Waals surface area (Å²) in [5.41, 5.74) is 1.72. The van der Waals surface area contributed by atoms with Gasteiger partial charge in [-0.2, -0.15) is 4.98 Å². The maximum Gasteiger partial charge on any atom is 0.286 e. The van der Waals surface area contributed by atoms with Crippen LogP contribution in [0.25, 0.3) is 27.7 Å². The van der Waals surface area contributed by atoms with Crippen molar-refractivity contribution < 1.29 is 27.1 Å². The van der Waals surface area contributed by atoms with Crippen molar-refractivity contribution in [2.45, 2.75) is 25.4 Å². The highest BCUT2D eigenvalue weighted by Gasteiger charge is 2.49. The van der Waals surface area contributed by atoms with Gasteiger partial charge in [-0.05, 0) is 17.7 Å². The number of methoxy groups -OCH3 is 1. The number of nitrogens with zero attached hydrogens (tertiary/aromatic N) is 7. The zero-order valence-electron chi connectivity index (χ0n) is 18.7. The summed E-state index contributed by atoms with van der Waals surface area (Å²) in [6.45, 7) is -0.400. The molecule has 0 unspecified atom stereocenters. The molecule has 0 bridgehead atoms. The van der Waals surface area contributed by atoms with Crippen LogP contribution in [0.3, 0.4) is 0 Å². The van der Waals surface area contributed by atoms with E-state index >= 15 is 4.39 Å². The first-order valence-corrected chi connectivity index (χ1v) is 10.6. The molecule has 1 aliphatic rings. The van der Waals surface area contributed by atoms with Crippen molar-refractivity contribution in [3.63, 3.8) is 0 Å². The smallest absolute Gasteiger partial charge is 0.286 e. The fourth-order valence-electron chi connectivity index (χ4n) is 4.20. The third-order valence-corrected chi connectivity index (χ3v) is 5.91. The summed E-state index contributed by atoms with van der Waals surface area (Å²) in [5, 5.41) is 14.6. The van der Waals surface area contributed by atoms with Gasteiger partial charge in [0.1, 0.15) is 23.7 Å². The Morgan fingerprint density at radius 1 is 1.34 bits per heavy atom. The quantitative estimate of drug-likeness (QED) is 0.413. The number of anilines is 1. The molecule has 184 valence electrons. The first-order chi connectivity index (χ1) is 16.7. The predicted molar refractivity (Wildman–Crippen MR) is 117 cm³/mol. The monoisotopic (exact) mass is 492 g/mol. The Morgan fingerprint density at radius 3 is 2.83 bits per heavy atom. The number of hydrogen-bond acceptors (Lipinski definition) is 7. The number of carbonyl (C=O) groups is 1. The van der Waals surface area contributed by atoms with E-state index in [0.29, 0.717) is 16.6 Å². The minimum absolute atomic E-state index is 0.00668. The Labute approximate surface area is 195 Å². The number of nitrogens with one attached hydrogen (secondary N) is 1. The summed E-state index contributed by atoms with van der Waals surface area (Å²) < 4.78 is 64.8. The van der Waals surface area contributed by atoms with E-state index in [1.807, 2.05) is 0 Å². The lowest BCUT2D eigenvalue weighted by atomic mass is 10.1. The first kappa shape index (κ1) is 22.8. The van der Waals surface area contributed by atoms with Crippen LogP contribution >= 0.6 is 0 Å². The van der Waals surface area contributed by atoms with Crippen molar-refractivity contribution in [2.24, 2.45) is 0 Å². The van der Waals surface area contributed by atoms with Crippen molar-refractivity contribution in [3.8, 4) is 17.0 Å². The third-order valence-electron chi connectivity index (χ3n) is 5.91. The number of aryl methyl sites for hydroxylation is 1. The van der Waals surface area contributed by atoms with E-state index in [1.165, 1.54) is 18.7 Å². The molecule has 0 saturated carbocycles. The molecule has 0 spiro atoms. The molecule has 5 rings (SSSR count). The molecule has 1 atom stereocenters.